The fraction of sp³-hybridized carbons (Fsp3) is 0.412. The van der Waals surface area contributed by atoms with Gasteiger partial charge >= 0.3 is 0 Å². The number of carbonyl (C=O) groups excluding carboxylic acids is 2. The molecule has 1 fully saturated rings. The van der Waals surface area contributed by atoms with Crippen LogP contribution in [0.4, 0.5) is 0 Å². The number of phenols is 1. The van der Waals surface area contributed by atoms with E-state index in [4.69, 9.17) is 0 Å². The summed E-state index contributed by atoms with van der Waals surface area (Å²) in [6.45, 7) is 3.24. The second-order valence-electron chi connectivity index (χ2n) is 6.31. The minimum Gasteiger partial charge on any atom is -0.508 e. The molecule has 2 aliphatic heterocycles. The van der Waals surface area contributed by atoms with E-state index in [2.05, 4.69) is 4.98 Å². The van der Waals surface area contributed by atoms with Gasteiger partial charge in [0, 0.05) is 29.6 Å². The second-order valence-corrected chi connectivity index (χ2v) is 6.31. The van der Waals surface area contributed by atoms with Gasteiger partial charge in [-0.15, -0.1) is 0 Å². The summed E-state index contributed by atoms with van der Waals surface area (Å²) in [5.41, 5.74) is 2.93. The summed E-state index contributed by atoms with van der Waals surface area (Å²) < 4.78 is 0. The topological polar surface area (TPSA) is 76.6 Å². The highest BCUT2D eigenvalue weighted by molar-refractivity contribution is 5.97. The minimum absolute atomic E-state index is 0.00945. The van der Waals surface area contributed by atoms with Crippen LogP contribution in [0.25, 0.3) is 10.9 Å². The van der Waals surface area contributed by atoms with Crippen molar-refractivity contribution in [1.82, 2.24) is 14.8 Å². The lowest BCUT2D eigenvalue weighted by atomic mass is 9.94. The molecule has 0 spiro atoms. The molecule has 1 aromatic heterocycles. The SMILES string of the molecule is CCCN1CC(=O)N2Cc3[nH]c4ccc(O)cc4c3CC2C1=O. The zero-order chi connectivity index (χ0) is 16.1. The molecule has 6 heteroatoms. The number of aromatic nitrogens is 1. The Morgan fingerprint density at radius 2 is 2.13 bits per heavy atom. The predicted molar refractivity (Wildman–Crippen MR) is 84.9 cm³/mol. The Hall–Kier alpha value is -2.50. The van der Waals surface area contributed by atoms with Crippen molar-refractivity contribution in [3.63, 3.8) is 0 Å². The summed E-state index contributed by atoms with van der Waals surface area (Å²) in [5, 5.41) is 10.7. The van der Waals surface area contributed by atoms with Crippen molar-refractivity contribution in [2.45, 2.75) is 32.4 Å². The number of fused-ring (bicyclic) bond motifs is 4. The Labute approximate surface area is 133 Å². The maximum atomic E-state index is 12.7. The van der Waals surface area contributed by atoms with Gasteiger partial charge in [-0.1, -0.05) is 6.92 Å². The van der Waals surface area contributed by atoms with E-state index in [0.717, 1.165) is 28.6 Å². The molecule has 3 heterocycles. The molecule has 2 aliphatic rings. The van der Waals surface area contributed by atoms with E-state index in [9.17, 15) is 14.7 Å². The van der Waals surface area contributed by atoms with Crippen molar-refractivity contribution in [2.75, 3.05) is 13.1 Å². The Balaban J connectivity index is 1.76. The molecule has 120 valence electrons. The highest BCUT2D eigenvalue weighted by Gasteiger charge is 2.42. The van der Waals surface area contributed by atoms with E-state index in [0.29, 0.717) is 19.5 Å². The molecule has 0 bridgehead atoms. The fourth-order valence-electron chi connectivity index (χ4n) is 3.73. The lowest BCUT2D eigenvalue weighted by molar-refractivity contribution is -0.157. The van der Waals surface area contributed by atoms with Crippen LogP contribution in [-0.2, 0) is 22.6 Å². The number of nitrogens with one attached hydrogen (secondary N) is 1. The second kappa shape index (κ2) is 5.01. The van der Waals surface area contributed by atoms with E-state index < -0.39 is 6.04 Å². The van der Waals surface area contributed by atoms with Gasteiger partial charge in [-0.2, -0.15) is 0 Å². The Morgan fingerprint density at radius 1 is 1.30 bits per heavy atom. The number of rotatable bonds is 2. The van der Waals surface area contributed by atoms with Crippen LogP contribution >= 0.6 is 0 Å². The maximum absolute atomic E-state index is 12.7. The van der Waals surface area contributed by atoms with Crippen molar-refractivity contribution in [1.29, 1.82) is 0 Å². The number of hydrogen-bond acceptors (Lipinski definition) is 3. The Kier molecular flexibility index (Phi) is 3.07. The van der Waals surface area contributed by atoms with Crippen molar-refractivity contribution >= 4 is 22.7 Å². The predicted octanol–water partition coefficient (Wildman–Crippen LogP) is 1.38. The van der Waals surface area contributed by atoms with Gasteiger partial charge < -0.3 is 19.9 Å². The van der Waals surface area contributed by atoms with Crippen molar-refractivity contribution < 1.29 is 14.7 Å². The lowest BCUT2D eigenvalue weighted by Crippen LogP contribution is -2.61. The zero-order valence-electron chi connectivity index (χ0n) is 13.0. The molecule has 2 amide bonds. The zero-order valence-corrected chi connectivity index (χ0v) is 13.0. The summed E-state index contributed by atoms with van der Waals surface area (Å²) in [5.74, 6) is 0.252. The van der Waals surface area contributed by atoms with Crippen molar-refractivity contribution in [3.8, 4) is 5.75 Å². The van der Waals surface area contributed by atoms with Crippen LogP contribution in [-0.4, -0.2) is 50.8 Å². The van der Waals surface area contributed by atoms with Gasteiger partial charge in [0.1, 0.15) is 11.8 Å². The highest BCUT2D eigenvalue weighted by Crippen LogP contribution is 2.33. The largest absolute Gasteiger partial charge is 0.508 e. The number of phenolic OH excluding ortho intramolecular Hbond substituents is 1. The van der Waals surface area contributed by atoms with Crippen LogP contribution < -0.4 is 0 Å². The van der Waals surface area contributed by atoms with Crippen LogP contribution in [0.2, 0.25) is 0 Å². The number of aromatic amines is 1. The molecule has 2 N–H and O–H groups in total. The minimum atomic E-state index is -0.420. The normalized spacial score (nSPS) is 20.8. The molecule has 1 saturated heterocycles. The summed E-state index contributed by atoms with van der Waals surface area (Å²) in [6.07, 6.45) is 1.35. The van der Waals surface area contributed by atoms with E-state index in [-0.39, 0.29) is 24.1 Å². The molecule has 23 heavy (non-hydrogen) atoms. The van der Waals surface area contributed by atoms with Crippen molar-refractivity contribution in [2.24, 2.45) is 0 Å². The molecule has 0 saturated carbocycles. The molecule has 2 aromatic rings. The van der Waals surface area contributed by atoms with Crippen LogP contribution in [0.5, 0.6) is 5.75 Å². The number of piperazine rings is 1. The van der Waals surface area contributed by atoms with Gasteiger partial charge in [-0.05, 0) is 30.2 Å². The summed E-state index contributed by atoms with van der Waals surface area (Å²) in [6, 6.07) is 4.77. The van der Waals surface area contributed by atoms with Crippen LogP contribution in [0.1, 0.15) is 24.6 Å². The van der Waals surface area contributed by atoms with Crippen LogP contribution in [0.3, 0.4) is 0 Å². The smallest absolute Gasteiger partial charge is 0.246 e. The number of H-pyrrole nitrogens is 1. The first-order chi connectivity index (χ1) is 11.1. The van der Waals surface area contributed by atoms with Crippen molar-refractivity contribution in [3.05, 3.63) is 29.5 Å². The van der Waals surface area contributed by atoms with Gasteiger partial charge in [-0.3, -0.25) is 9.59 Å². The monoisotopic (exact) mass is 313 g/mol. The number of aromatic hydroxyl groups is 1. The number of amides is 2. The first-order valence-electron chi connectivity index (χ1n) is 7.99. The van der Waals surface area contributed by atoms with E-state index in [1.165, 1.54) is 0 Å². The molecular formula is C17H19N3O3. The first-order valence-corrected chi connectivity index (χ1v) is 7.99. The third-order valence-corrected chi connectivity index (χ3v) is 4.82. The van der Waals surface area contributed by atoms with Gasteiger partial charge in [0.2, 0.25) is 11.8 Å². The average molecular weight is 313 g/mol. The fourth-order valence-corrected chi connectivity index (χ4v) is 3.73. The Bertz CT molecular complexity index is 811. The highest BCUT2D eigenvalue weighted by atomic mass is 16.3. The van der Waals surface area contributed by atoms with Gasteiger partial charge in [0.15, 0.2) is 0 Å². The quantitative estimate of drug-likeness (QED) is 0.879. The third kappa shape index (κ3) is 2.09. The maximum Gasteiger partial charge on any atom is 0.246 e. The number of carbonyl (C=O) groups is 2. The molecule has 0 aliphatic carbocycles. The third-order valence-electron chi connectivity index (χ3n) is 4.82. The molecular weight excluding hydrogens is 294 g/mol. The number of nitrogens with zero attached hydrogens (tertiary/aromatic N) is 2. The average Bonchev–Trinajstić information content (AvgIpc) is 2.88. The summed E-state index contributed by atoms with van der Waals surface area (Å²) >= 11 is 0. The standard InChI is InChI=1S/C17H19N3O3/c1-2-5-19-9-16(22)20-8-14-12(7-15(20)17(19)23)11-6-10(21)3-4-13(11)18-14/h3-4,6,15,18,21H,2,5,7-9H2,1H3. The van der Waals surface area contributed by atoms with Crippen LogP contribution in [0.15, 0.2) is 18.2 Å². The van der Waals surface area contributed by atoms with Crippen LogP contribution in [0, 0.1) is 0 Å². The lowest BCUT2D eigenvalue weighted by Gasteiger charge is -2.42. The summed E-state index contributed by atoms with van der Waals surface area (Å²) in [7, 11) is 0. The molecule has 1 unspecified atom stereocenters. The van der Waals surface area contributed by atoms with E-state index in [1.54, 1.807) is 21.9 Å². The van der Waals surface area contributed by atoms with Gasteiger partial charge in [-0.25, -0.2) is 0 Å². The molecule has 1 aromatic carbocycles. The molecule has 0 radical (unpaired) electrons. The molecule has 1 atom stereocenters. The summed E-state index contributed by atoms with van der Waals surface area (Å²) in [4.78, 5) is 31.8. The first kappa shape index (κ1) is 14.1. The van der Waals surface area contributed by atoms with E-state index >= 15 is 0 Å². The molecule has 4 rings (SSSR count). The van der Waals surface area contributed by atoms with E-state index in [1.807, 2.05) is 13.0 Å². The number of hydrogen-bond donors (Lipinski definition) is 2. The number of benzene rings is 1. The van der Waals surface area contributed by atoms with Gasteiger partial charge in [0.05, 0.1) is 13.1 Å². The Morgan fingerprint density at radius 3 is 2.91 bits per heavy atom. The molecule has 6 nitrogen and oxygen atoms in total. The van der Waals surface area contributed by atoms with Gasteiger partial charge in [0.25, 0.3) is 0 Å².